The molecule has 0 saturated carbocycles. The molecular weight excluding hydrogens is 240 g/mol. The Labute approximate surface area is 113 Å². The maximum Gasteiger partial charge on any atom is 0.224 e. The van der Waals surface area contributed by atoms with Crippen molar-refractivity contribution in [3.05, 3.63) is 35.9 Å². The van der Waals surface area contributed by atoms with Gasteiger partial charge in [-0.3, -0.25) is 0 Å². The monoisotopic (exact) mass is 260 g/mol. The van der Waals surface area contributed by atoms with Gasteiger partial charge >= 0.3 is 0 Å². The van der Waals surface area contributed by atoms with E-state index in [1.54, 1.807) is 6.26 Å². The van der Waals surface area contributed by atoms with Crippen LogP contribution in [0.5, 0.6) is 0 Å². The molecule has 2 aromatic heterocycles. The van der Waals surface area contributed by atoms with Gasteiger partial charge in [0.15, 0.2) is 0 Å². The Morgan fingerprint density at radius 1 is 1.42 bits per heavy atom. The molecule has 0 aliphatic carbocycles. The number of rotatable bonds is 6. The molecule has 0 spiro atoms. The molecule has 2 heterocycles. The first-order valence-corrected chi connectivity index (χ1v) is 6.51. The smallest absolute Gasteiger partial charge is 0.224 e. The minimum absolute atomic E-state index is 0.675. The number of hydrogen-bond acceptors (Lipinski definition) is 5. The average molecular weight is 260 g/mol. The first-order valence-electron chi connectivity index (χ1n) is 6.51. The zero-order valence-corrected chi connectivity index (χ0v) is 11.7. The summed E-state index contributed by atoms with van der Waals surface area (Å²) < 4.78 is 5.36. The van der Waals surface area contributed by atoms with Crippen LogP contribution >= 0.6 is 0 Å². The van der Waals surface area contributed by atoms with Crippen LogP contribution in [-0.4, -0.2) is 23.6 Å². The fraction of sp³-hybridized carbons (Fsp3) is 0.429. The van der Waals surface area contributed by atoms with E-state index in [1.807, 2.05) is 32.3 Å². The highest BCUT2D eigenvalue weighted by molar-refractivity contribution is 5.48. The summed E-state index contributed by atoms with van der Waals surface area (Å²) in [5.41, 5.74) is 1.05. The van der Waals surface area contributed by atoms with E-state index in [1.165, 1.54) is 0 Å². The SMILES string of the molecule is CCCNc1ncc(C)c(N(C)Cc2ccco2)n1. The minimum Gasteiger partial charge on any atom is -0.467 e. The third kappa shape index (κ3) is 3.47. The summed E-state index contributed by atoms with van der Waals surface area (Å²) in [6.45, 7) is 5.70. The van der Waals surface area contributed by atoms with Gasteiger partial charge in [0.2, 0.25) is 5.95 Å². The molecule has 0 saturated heterocycles. The molecule has 5 heteroatoms. The fourth-order valence-corrected chi connectivity index (χ4v) is 1.85. The van der Waals surface area contributed by atoms with Crippen molar-refractivity contribution in [3.63, 3.8) is 0 Å². The second-order valence-corrected chi connectivity index (χ2v) is 4.56. The van der Waals surface area contributed by atoms with Gasteiger partial charge in [-0.2, -0.15) is 4.98 Å². The predicted molar refractivity (Wildman–Crippen MR) is 76.4 cm³/mol. The van der Waals surface area contributed by atoms with E-state index in [-0.39, 0.29) is 0 Å². The Balaban J connectivity index is 2.13. The largest absolute Gasteiger partial charge is 0.467 e. The van der Waals surface area contributed by atoms with E-state index in [9.17, 15) is 0 Å². The van der Waals surface area contributed by atoms with Crippen LogP contribution in [0.15, 0.2) is 29.0 Å². The van der Waals surface area contributed by atoms with Crippen LogP contribution < -0.4 is 10.2 Å². The normalized spacial score (nSPS) is 10.5. The average Bonchev–Trinajstić information content (AvgIpc) is 2.90. The Kier molecular flexibility index (Phi) is 4.39. The van der Waals surface area contributed by atoms with Crippen molar-refractivity contribution in [2.75, 3.05) is 23.8 Å². The molecule has 2 aromatic rings. The third-order valence-electron chi connectivity index (χ3n) is 2.81. The summed E-state index contributed by atoms with van der Waals surface area (Å²) >= 11 is 0. The van der Waals surface area contributed by atoms with Crippen LogP contribution in [0, 0.1) is 6.92 Å². The van der Waals surface area contributed by atoms with Crippen molar-refractivity contribution in [1.82, 2.24) is 9.97 Å². The molecule has 0 aliphatic rings. The zero-order valence-electron chi connectivity index (χ0n) is 11.7. The molecule has 0 amide bonds. The van der Waals surface area contributed by atoms with Crippen LogP contribution in [0.2, 0.25) is 0 Å². The summed E-state index contributed by atoms with van der Waals surface area (Å²) in [4.78, 5) is 10.9. The highest BCUT2D eigenvalue weighted by Crippen LogP contribution is 2.18. The molecule has 0 atom stereocenters. The molecule has 2 rings (SSSR count). The highest BCUT2D eigenvalue weighted by atomic mass is 16.3. The van der Waals surface area contributed by atoms with Crippen LogP contribution in [0.1, 0.15) is 24.7 Å². The van der Waals surface area contributed by atoms with Crippen LogP contribution in [0.25, 0.3) is 0 Å². The topological polar surface area (TPSA) is 54.2 Å². The van der Waals surface area contributed by atoms with E-state index in [2.05, 4.69) is 27.1 Å². The zero-order chi connectivity index (χ0) is 13.7. The van der Waals surface area contributed by atoms with Gasteiger partial charge in [0, 0.05) is 25.4 Å². The third-order valence-corrected chi connectivity index (χ3v) is 2.81. The Hall–Kier alpha value is -2.04. The molecule has 0 aliphatic heterocycles. The lowest BCUT2D eigenvalue weighted by Gasteiger charge is -2.19. The van der Waals surface area contributed by atoms with Crippen molar-refractivity contribution in [2.45, 2.75) is 26.8 Å². The Bertz CT molecular complexity index is 510. The van der Waals surface area contributed by atoms with Crippen LogP contribution in [0.3, 0.4) is 0 Å². The summed E-state index contributed by atoms with van der Waals surface area (Å²) in [6.07, 6.45) is 4.58. The van der Waals surface area contributed by atoms with Gasteiger partial charge in [-0.05, 0) is 25.5 Å². The summed E-state index contributed by atoms with van der Waals surface area (Å²) in [7, 11) is 2.00. The number of anilines is 2. The maximum absolute atomic E-state index is 5.36. The van der Waals surface area contributed by atoms with Crippen LogP contribution in [-0.2, 0) is 6.54 Å². The van der Waals surface area contributed by atoms with Gasteiger partial charge < -0.3 is 14.6 Å². The lowest BCUT2D eigenvalue weighted by atomic mass is 10.3. The number of aromatic nitrogens is 2. The molecule has 0 bridgehead atoms. The van der Waals surface area contributed by atoms with Crippen LogP contribution in [0.4, 0.5) is 11.8 Å². The molecular formula is C14H20N4O. The summed E-state index contributed by atoms with van der Waals surface area (Å²) in [5, 5.41) is 3.20. The van der Waals surface area contributed by atoms with Crippen molar-refractivity contribution < 1.29 is 4.42 Å². The first kappa shape index (κ1) is 13.4. The molecule has 0 radical (unpaired) electrons. The molecule has 0 unspecified atom stereocenters. The first-order chi connectivity index (χ1) is 9.20. The number of furan rings is 1. The van der Waals surface area contributed by atoms with Gasteiger partial charge in [0.1, 0.15) is 11.6 Å². The maximum atomic E-state index is 5.36. The van der Waals surface area contributed by atoms with E-state index in [0.717, 1.165) is 30.1 Å². The Morgan fingerprint density at radius 3 is 2.95 bits per heavy atom. The molecule has 0 fully saturated rings. The number of nitrogens with zero attached hydrogens (tertiary/aromatic N) is 3. The number of nitrogens with one attached hydrogen (secondary N) is 1. The highest BCUT2D eigenvalue weighted by Gasteiger charge is 2.10. The molecule has 1 N–H and O–H groups in total. The molecule has 102 valence electrons. The number of hydrogen-bond donors (Lipinski definition) is 1. The van der Waals surface area contributed by atoms with Gasteiger partial charge in [-0.25, -0.2) is 4.98 Å². The van der Waals surface area contributed by atoms with E-state index < -0.39 is 0 Å². The lowest BCUT2D eigenvalue weighted by Crippen LogP contribution is -2.19. The quantitative estimate of drug-likeness (QED) is 0.865. The van der Waals surface area contributed by atoms with Crippen molar-refractivity contribution >= 4 is 11.8 Å². The van der Waals surface area contributed by atoms with Gasteiger partial charge in [-0.1, -0.05) is 6.92 Å². The Morgan fingerprint density at radius 2 is 2.26 bits per heavy atom. The minimum atomic E-state index is 0.675. The van der Waals surface area contributed by atoms with E-state index >= 15 is 0 Å². The predicted octanol–water partition coefficient (Wildman–Crippen LogP) is 2.84. The lowest BCUT2D eigenvalue weighted by molar-refractivity contribution is 0.506. The molecule has 5 nitrogen and oxygen atoms in total. The van der Waals surface area contributed by atoms with Crippen molar-refractivity contribution in [2.24, 2.45) is 0 Å². The molecule has 0 aromatic carbocycles. The van der Waals surface area contributed by atoms with E-state index in [0.29, 0.717) is 12.5 Å². The standard InChI is InChI=1S/C14H20N4O/c1-4-7-15-14-16-9-11(2)13(17-14)18(3)10-12-6-5-8-19-12/h5-6,8-9H,4,7,10H2,1-3H3,(H,15,16,17). The van der Waals surface area contributed by atoms with Gasteiger partial charge in [-0.15, -0.1) is 0 Å². The summed E-state index contributed by atoms with van der Waals surface area (Å²) in [6, 6.07) is 3.85. The second-order valence-electron chi connectivity index (χ2n) is 4.56. The summed E-state index contributed by atoms with van der Waals surface area (Å²) in [5.74, 6) is 2.52. The molecule has 19 heavy (non-hydrogen) atoms. The van der Waals surface area contributed by atoms with Crippen molar-refractivity contribution in [1.29, 1.82) is 0 Å². The van der Waals surface area contributed by atoms with Gasteiger partial charge in [0.25, 0.3) is 0 Å². The fourth-order valence-electron chi connectivity index (χ4n) is 1.85. The number of aryl methyl sites for hydroxylation is 1. The van der Waals surface area contributed by atoms with Crippen molar-refractivity contribution in [3.8, 4) is 0 Å². The van der Waals surface area contributed by atoms with Gasteiger partial charge in [0.05, 0.1) is 12.8 Å². The second kappa shape index (κ2) is 6.22. The van der Waals surface area contributed by atoms with E-state index in [4.69, 9.17) is 4.42 Å².